The summed E-state index contributed by atoms with van der Waals surface area (Å²) in [5.41, 5.74) is 14.2. The van der Waals surface area contributed by atoms with E-state index in [1.807, 2.05) is 30.3 Å². The molecule has 0 amide bonds. The van der Waals surface area contributed by atoms with Gasteiger partial charge in [0, 0.05) is 46.8 Å². The van der Waals surface area contributed by atoms with Crippen LogP contribution in [0.5, 0.6) is 0 Å². The van der Waals surface area contributed by atoms with Crippen LogP contribution in [0.4, 0.5) is 5.69 Å². The lowest BCUT2D eigenvalue weighted by Crippen LogP contribution is -2.16. The number of nitrogen functional groups attached to an aromatic ring is 1. The number of aromatic nitrogens is 2. The Morgan fingerprint density at radius 1 is 0.837 bits per heavy atom. The predicted molar refractivity (Wildman–Crippen MR) is 189 cm³/mol. The van der Waals surface area contributed by atoms with Gasteiger partial charge in [-0.1, -0.05) is 64.1 Å². The van der Waals surface area contributed by atoms with E-state index >= 15 is 0 Å². The van der Waals surface area contributed by atoms with E-state index < -0.39 is 0 Å². The Bertz CT molecular complexity index is 2370. The lowest BCUT2D eigenvalue weighted by Gasteiger charge is -2.16. The van der Waals surface area contributed by atoms with Crippen molar-refractivity contribution in [2.75, 3.05) is 5.73 Å². The lowest BCUT2D eigenvalue weighted by atomic mass is 9.97. The molecular weight excluding hydrogens is 589 g/mol. The zero-order chi connectivity index (χ0) is 30.3. The minimum Gasteiger partial charge on any atom is -0.396 e. The SMILES string of the molecule is Cc1cc(-c2c(N)/c(=N\S)c(-c3cc(C)c(C(C)C)s3)c3[nH]c4c(=O)c5cccc6cccc(c4nc23)c65)sc1C(C)C. The summed E-state index contributed by atoms with van der Waals surface area (Å²) < 4.78 is 4.48. The van der Waals surface area contributed by atoms with Crippen LogP contribution in [0.2, 0.25) is 0 Å². The van der Waals surface area contributed by atoms with E-state index in [-0.39, 0.29) is 5.43 Å². The van der Waals surface area contributed by atoms with E-state index in [2.05, 4.69) is 81.9 Å². The van der Waals surface area contributed by atoms with Crippen molar-refractivity contribution in [1.82, 2.24) is 9.97 Å². The highest BCUT2D eigenvalue weighted by atomic mass is 32.1. The number of nitrogens with two attached hydrogens (primary N) is 1. The van der Waals surface area contributed by atoms with Gasteiger partial charge in [-0.25, -0.2) is 9.38 Å². The highest BCUT2D eigenvalue weighted by molar-refractivity contribution is 7.78. The number of hydrogen-bond donors (Lipinski definition) is 3. The molecule has 0 spiro atoms. The molecule has 7 rings (SSSR count). The second kappa shape index (κ2) is 10.2. The van der Waals surface area contributed by atoms with Crippen LogP contribution in [-0.2, 0) is 0 Å². The van der Waals surface area contributed by atoms with Gasteiger partial charge in [-0.2, -0.15) is 0 Å². The van der Waals surface area contributed by atoms with Crippen LogP contribution in [0.3, 0.4) is 0 Å². The summed E-state index contributed by atoms with van der Waals surface area (Å²) in [5, 5.41) is 4.16. The molecule has 7 aromatic rings. The molecule has 43 heavy (non-hydrogen) atoms. The van der Waals surface area contributed by atoms with Crippen molar-refractivity contribution in [3.8, 4) is 20.9 Å². The first-order valence-electron chi connectivity index (χ1n) is 14.5. The van der Waals surface area contributed by atoms with E-state index in [1.165, 1.54) is 20.9 Å². The molecule has 4 aromatic carbocycles. The Hall–Kier alpha value is -3.72. The predicted octanol–water partition coefficient (Wildman–Crippen LogP) is 9.47. The number of thiophene rings is 2. The Kier molecular flexibility index (Phi) is 6.65. The quantitative estimate of drug-likeness (QED) is 0.0793. The van der Waals surface area contributed by atoms with Crippen LogP contribution in [0, 0.1) is 13.8 Å². The third-order valence-corrected chi connectivity index (χ3v) is 11.7. The molecule has 0 bridgehead atoms. The van der Waals surface area contributed by atoms with Crippen molar-refractivity contribution in [1.29, 1.82) is 0 Å². The molecule has 0 aliphatic rings. The van der Waals surface area contributed by atoms with Crippen molar-refractivity contribution in [2.24, 2.45) is 4.40 Å². The molecule has 0 fully saturated rings. The second-order valence-electron chi connectivity index (χ2n) is 12.0. The number of aryl methyl sites for hydroxylation is 2. The first-order chi connectivity index (χ1) is 20.6. The summed E-state index contributed by atoms with van der Waals surface area (Å²) in [6, 6.07) is 16.4. The number of rotatable bonds is 4. The number of nitrogens with one attached hydrogen (secondary N) is 1. The summed E-state index contributed by atoms with van der Waals surface area (Å²) >= 11 is 7.92. The highest BCUT2D eigenvalue weighted by Gasteiger charge is 2.25. The zero-order valence-electron chi connectivity index (χ0n) is 24.9. The van der Waals surface area contributed by atoms with E-state index in [4.69, 9.17) is 10.7 Å². The fourth-order valence-corrected chi connectivity index (χ4v) is 9.20. The normalized spacial score (nSPS) is 12.8. The maximum Gasteiger partial charge on any atom is 0.212 e. The maximum absolute atomic E-state index is 14.1. The zero-order valence-corrected chi connectivity index (χ0v) is 27.4. The number of thiol groups is 1. The summed E-state index contributed by atoms with van der Waals surface area (Å²) in [5.74, 6) is 0.747. The number of nitrogens with zero attached hydrogens (tertiary/aromatic N) is 2. The van der Waals surface area contributed by atoms with Crippen molar-refractivity contribution in [3.63, 3.8) is 0 Å². The number of anilines is 1. The monoisotopic (exact) mass is 620 g/mol. The summed E-state index contributed by atoms with van der Waals surface area (Å²) in [4.78, 5) is 27.7. The smallest absolute Gasteiger partial charge is 0.212 e. The van der Waals surface area contributed by atoms with Crippen molar-refractivity contribution in [3.05, 3.63) is 85.0 Å². The number of aromatic amines is 1. The highest BCUT2D eigenvalue weighted by Crippen LogP contribution is 2.44. The Balaban J connectivity index is 1.73. The second-order valence-corrected chi connectivity index (χ2v) is 14.3. The minimum absolute atomic E-state index is 0.0679. The summed E-state index contributed by atoms with van der Waals surface area (Å²) in [6.07, 6.45) is 0. The van der Waals surface area contributed by atoms with Crippen LogP contribution in [0.1, 0.15) is 60.4 Å². The average Bonchev–Trinajstić information content (AvgIpc) is 3.56. The molecule has 3 aromatic heterocycles. The molecule has 0 atom stereocenters. The molecule has 8 heteroatoms. The van der Waals surface area contributed by atoms with E-state index in [0.29, 0.717) is 39.3 Å². The average molecular weight is 621 g/mol. The molecule has 5 nitrogen and oxygen atoms in total. The molecular formula is C35H32N4OS3. The number of fused-ring (bicyclic) bond motifs is 3. The molecule has 3 N–H and O–H groups in total. The Morgan fingerprint density at radius 3 is 1.98 bits per heavy atom. The number of H-pyrrole nitrogens is 1. The van der Waals surface area contributed by atoms with Crippen LogP contribution in [0.15, 0.2) is 57.7 Å². The van der Waals surface area contributed by atoms with Gasteiger partial charge in [-0.05, 0) is 67.1 Å². The first-order valence-corrected chi connectivity index (χ1v) is 16.5. The maximum atomic E-state index is 14.1. The van der Waals surface area contributed by atoms with Crippen LogP contribution in [0.25, 0.3) is 64.5 Å². The largest absolute Gasteiger partial charge is 0.396 e. The molecule has 3 heterocycles. The fourth-order valence-electron chi connectivity index (χ4n) is 6.53. The van der Waals surface area contributed by atoms with Gasteiger partial charge in [0.05, 0.1) is 22.2 Å². The van der Waals surface area contributed by atoms with Gasteiger partial charge in [0.2, 0.25) is 5.43 Å². The molecule has 216 valence electrons. The van der Waals surface area contributed by atoms with Crippen molar-refractivity contribution < 1.29 is 0 Å². The van der Waals surface area contributed by atoms with Gasteiger partial charge in [0.25, 0.3) is 0 Å². The van der Waals surface area contributed by atoms with Crippen LogP contribution < -0.4 is 16.5 Å². The van der Waals surface area contributed by atoms with Gasteiger partial charge in [-0.3, -0.25) is 4.79 Å². The van der Waals surface area contributed by atoms with Crippen molar-refractivity contribution in [2.45, 2.75) is 53.4 Å². The molecule has 0 aliphatic heterocycles. The first kappa shape index (κ1) is 28.1. The van der Waals surface area contributed by atoms with E-state index in [0.717, 1.165) is 48.1 Å². The molecule has 0 saturated heterocycles. The molecule has 0 radical (unpaired) electrons. The summed E-state index contributed by atoms with van der Waals surface area (Å²) in [6.45, 7) is 13.1. The van der Waals surface area contributed by atoms with E-state index in [9.17, 15) is 4.79 Å². The van der Waals surface area contributed by atoms with Gasteiger partial charge >= 0.3 is 0 Å². The molecule has 0 aliphatic carbocycles. The third kappa shape index (κ3) is 4.14. The molecule has 0 unspecified atom stereocenters. The Morgan fingerprint density at radius 2 is 1.42 bits per heavy atom. The van der Waals surface area contributed by atoms with Gasteiger partial charge in [0.1, 0.15) is 10.9 Å². The van der Waals surface area contributed by atoms with Crippen LogP contribution in [-0.4, -0.2) is 9.97 Å². The van der Waals surface area contributed by atoms with Gasteiger partial charge in [-0.15, -0.1) is 22.7 Å². The topological polar surface area (TPSA) is 84.1 Å². The lowest BCUT2D eigenvalue weighted by molar-refractivity contribution is 0.881. The number of hydrogen-bond acceptors (Lipinski definition) is 7. The van der Waals surface area contributed by atoms with Crippen LogP contribution >= 0.6 is 35.5 Å². The third-order valence-electron chi connectivity index (χ3n) is 8.38. The fraction of sp³-hybridized carbons (Fsp3) is 0.229. The molecule has 0 saturated carbocycles. The Labute approximate surface area is 263 Å². The van der Waals surface area contributed by atoms with Gasteiger partial charge < -0.3 is 10.7 Å². The van der Waals surface area contributed by atoms with Gasteiger partial charge in [0.15, 0.2) is 0 Å². The van der Waals surface area contributed by atoms with Crippen molar-refractivity contribution >= 4 is 84.8 Å². The number of benzene rings is 4. The van der Waals surface area contributed by atoms with E-state index in [1.54, 1.807) is 22.7 Å². The summed E-state index contributed by atoms with van der Waals surface area (Å²) in [7, 11) is 0. The minimum atomic E-state index is -0.0679. The standard InChI is InChI=1S/C35H32N4OS3/c1-15(2)34-17(5)13-22(42-34)25-27(36)29(39-41)26(23-14-18(6)35(43-23)16(3)4)31-30(25)37-28-20-11-7-9-19-10-8-12-21(24(19)20)33(40)32(28)38-31/h7-16,38,41H,36H2,1-6H3/b39-29-.